The summed E-state index contributed by atoms with van der Waals surface area (Å²) in [7, 11) is 0. The number of hydrogen-bond acceptors (Lipinski definition) is 1. The number of rotatable bonds is 2. The van der Waals surface area contributed by atoms with Gasteiger partial charge in [-0.3, -0.25) is 4.79 Å². The Kier molecular flexibility index (Phi) is 2.13. The van der Waals surface area contributed by atoms with Crippen LogP contribution in [0.25, 0.3) is 0 Å². The van der Waals surface area contributed by atoms with Gasteiger partial charge in [-0.1, -0.05) is 30.3 Å². The maximum atomic E-state index is 12.3. The minimum atomic E-state index is 0.0531. The number of aromatic nitrogens is 1. The van der Waals surface area contributed by atoms with Gasteiger partial charge in [0.05, 0.1) is 5.92 Å². The zero-order chi connectivity index (χ0) is 11.0. The highest BCUT2D eigenvalue weighted by Gasteiger charge is 2.28. The SMILES string of the molecule is O=C(c1ccccc1)C1CCn2cccc21. The third-order valence-corrected chi connectivity index (χ3v) is 3.26. The van der Waals surface area contributed by atoms with Gasteiger partial charge < -0.3 is 4.57 Å². The quantitative estimate of drug-likeness (QED) is 0.700. The van der Waals surface area contributed by atoms with E-state index in [9.17, 15) is 4.79 Å². The molecule has 0 saturated carbocycles. The fraction of sp³-hybridized carbons (Fsp3) is 0.214. The summed E-state index contributed by atoms with van der Waals surface area (Å²) < 4.78 is 2.17. The van der Waals surface area contributed by atoms with Gasteiger partial charge in [-0.15, -0.1) is 0 Å². The first-order valence-electron chi connectivity index (χ1n) is 5.60. The van der Waals surface area contributed by atoms with Crippen LogP contribution >= 0.6 is 0 Å². The van der Waals surface area contributed by atoms with Crippen LogP contribution in [0, 0.1) is 0 Å². The van der Waals surface area contributed by atoms with Gasteiger partial charge >= 0.3 is 0 Å². The Morgan fingerprint density at radius 2 is 1.94 bits per heavy atom. The summed E-state index contributed by atoms with van der Waals surface area (Å²) in [5.41, 5.74) is 1.98. The van der Waals surface area contributed by atoms with Crippen LogP contribution in [-0.2, 0) is 6.54 Å². The first-order valence-corrected chi connectivity index (χ1v) is 5.60. The Labute approximate surface area is 94.5 Å². The molecule has 0 amide bonds. The summed E-state index contributed by atoms with van der Waals surface area (Å²) in [4.78, 5) is 12.3. The lowest BCUT2D eigenvalue weighted by molar-refractivity contribution is 0.0959. The first kappa shape index (κ1) is 9.40. The number of carbonyl (C=O) groups is 1. The number of ketones is 1. The normalized spacial score (nSPS) is 18.4. The number of nitrogens with zero attached hydrogens (tertiary/aromatic N) is 1. The Balaban J connectivity index is 1.94. The minimum Gasteiger partial charge on any atom is -0.351 e. The van der Waals surface area contributed by atoms with E-state index in [1.807, 2.05) is 42.6 Å². The number of aryl methyl sites for hydroxylation is 1. The van der Waals surface area contributed by atoms with E-state index in [1.54, 1.807) is 0 Å². The lowest BCUT2D eigenvalue weighted by atomic mass is 9.94. The fourth-order valence-corrected chi connectivity index (χ4v) is 2.43. The van der Waals surface area contributed by atoms with Crippen LogP contribution in [0.4, 0.5) is 0 Å². The van der Waals surface area contributed by atoms with Crippen molar-refractivity contribution in [1.29, 1.82) is 0 Å². The predicted octanol–water partition coefficient (Wildman–Crippen LogP) is 2.86. The van der Waals surface area contributed by atoms with Gasteiger partial charge in [0, 0.05) is 24.0 Å². The van der Waals surface area contributed by atoms with Gasteiger partial charge in [0.2, 0.25) is 0 Å². The third-order valence-electron chi connectivity index (χ3n) is 3.26. The standard InChI is InChI=1S/C14H13NO/c16-14(11-5-2-1-3-6-11)12-8-10-15-9-4-7-13(12)15/h1-7,9,12H,8,10H2. The second-order valence-corrected chi connectivity index (χ2v) is 4.20. The molecule has 0 N–H and O–H groups in total. The Morgan fingerprint density at radius 3 is 2.75 bits per heavy atom. The molecular formula is C14H13NO. The molecule has 2 heteroatoms. The van der Waals surface area contributed by atoms with E-state index in [4.69, 9.17) is 0 Å². The van der Waals surface area contributed by atoms with Crippen molar-refractivity contribution in [2.75, 3.05) is 0 Å². The van der Waals surface area contributed by atoms with E-state index < -0.39 is 0 Å². The van der Waals surface area contributed by atoms with E-state index in [0.717, 1.165) is 24.2 Å². The molecular weight excluding hydrogens is 198 g/mol. The van der Waals surface area contributed by atoms with Crippen molar-refractivity contribution in [3.63, 3.8) is 0 Å². The maximum Gasteiger partial charge on any atom is 0.171 e. The van der Waals surface area contributed by atoms with E-state index in [2.05, 4.69) is 10.6 Å². The highest BCUT2D eigenvalue weighted by Crippen LogP contribution is 2.31. The summed E-state index contributed by atoms with van der Waals surface area (Å²) in [5, 5.41) is 0. The molecule has 0 saturated heterocycles. The van der Waals surface area contributed by atoms with Crippen LogP contribution in [0.3, 0.4) is 0 Å². The van der Waals surface area contributed by atoms with Crippen LogP contribution in [-0.4, -0.2) is 10.4 Å². The van der Waals surface area contributed by atoms with Gasteiger partial charge in [-0.05, 0) is 18.6 Å². The van der Waals surface area contributed by atoms with Gasteiger partial charge in [-0.25, -0.2) is 0 Å². The maximum absolute atomic E-state index is 12.3. The highest BCUT2D eigenvalue weighted by molar-refractivity contribution is 6.00. The predicted molar refractivity (Wildman–Crippen MR) is 62.6 cm³/mol. The molecule has 3 rings (SSSR count). The molecule has 1 aromatic carbocycles. The van der Waals surface area contributed by atoms with Crippen molar-refractivity contribution in [3.8, 4) is 0 Å². The first-order chi connectivity index (χ1) is 7.86. The molecule has 0 bridgehead atoms. The molecule has 1 aliphatic rings. The van der Waals surface area contributed by atoms with E-state index in [0.29, 0.717) is 0 Å². The number of Topliss-reactive ketones (excluding diaryl/α,β-unsaturated/α-hetero) is 1. The van der Waals surface area contributed by atoms with E-state index >= 15 is 0 Å². The van der Waals surface area contributed by atoms with Crippen LogP contribution in [0.1, 0.15) is 28.4 Å². The number of hydrogen-bond donors (Lipinski definition) is 0. The van der Waals surface area contributed by atoms with Gasteiger partial charge in [0.15, 0.2) is 5.78 Å². The lowest BCUT2D eigenvalue weighted by Gasteiger charge is -2.07. The molecule has 0 aliphatic carbocycles. The molecule has 1 aromatic heterocycles. The molecule has 1 unspecified atom stereocenters. The molecule has 0 fully saturated rings. The number of carbonyl (C=O) groups excluding carboxylic acids is 1. The van der Waals surface area contributed by atoms with Crippen molar-refractivity contribution in [3.05, 3.63) is 59.9 Å². The zero-order valence-corrected chi connectivity index (χ0v) is 8.97. The van der Waals surface area contributed by atoms with Crippen LogP contribution in [0.15, 0.2) is 48.7 Å². The summed E-state index contributed by atoms with van der Waals surface area (Å²) in [6, 6.07) is 13.6. The van der Waals surface area contributed by atoms with Crippen molar-refractivity contribution in [2.24, 2.45) is 0 Å². The van der Waals surface area contributed by atoms with Crippen molar-refractivity contribution in [1.82, 2.24) is 4.57 Å². The van der Waals surface area contributed by atoms with Crippen LogP contribution in [0.2, 0.25) is 0 Å². The van der Waals surface area contributed by atoms with E-state index in [-0.39, 0.29) is 11.7 Å². The Hall–Kier alpha value is -1.83. The summed E-state index contributed by atoms with van der Waals surface area (Å²) in [5.74, 6) is 0.301. The van der Waals surface area contributed by atoms with Crippen molar-refractivity contribution < 1.29 is 4.79 Å². The molecule has 2 aromatic rings. The second kappa shape index (κ2) is 3.63. The van der Waals surface area contributed by atoms with Crippen LogP contribution < -0.4 is 0 Å². The Morgan fingerprint density at radius 1 is 1.12 bits per heavy atom. The molecule has 2 nitrogen and oxygen atoms in total. The minimum absolute atomic E-state index is 0.0531. The topological polar surface area (TPSA) is 22.0 Å². The molecule has 2 heterocycles. The molecule has 0 spiro atoms. The summed E-state index contributed by atoms with van der Waals surface area (Å²) in [6.07, 6.45) is 2.98. The van der Waals surface area contributed by atoms with Crippen LogP contribution in [0.5, 0.6) is 0 Å². The molecule has 16 heavy (non-hydrogen) atoms. The average molecular weight is 211 g/mol. The number of benzene rings is 1. The fourth-order valence-electron chi connectivity index (χ4n) is 2.43. The van der Waals surface area contributed by atoms with E-state index in [1.165, 1.54) is 0 Å². The highest BCUT2D eigenvalue weighted by atomic mass is 16.1. The summed E-state index contributed by atoms with van der Waals surface area (Å²) >= 11 is 0. The monoisotopic (exact) mass is 211 g/mol. The largest absolute Gasteiger partial charge is 0.351 e. The number of fused-ring (bicyclic) bond motifs is 1. The van der Waals surface area contributed by atoms with Gasteiger partial charge in [0.1, 0.15) is 0 Å². The molecule has 0 radical (unpaired) electrons. The lowest BCUT2D eigenvalue weighted by Crippen LogP contribution is -2.09. The molecule has 1 atom stereocenters. The van der Waals surface area contributed by atoms with Crippen molar-refractivity contribution >= 4 is 5.78 Å². The van der Waals surface area contributed by atoms with Crippen molar-refractivity contribution in [2.45, 2.75) is 18.9 Å². The summed E-state index contributed by atoms with van der Waals surface area (Å²) in [6.45, 7) is 0.964. The zero-order valence-electron chi connectivity index (χ0n) is 8.97. The Bertz CT molecular complexity index is 513. The van der Waals surface area contributed by atoms with Gasteiger partial charge in [0.25, 0.3) is 0 Å². The second-order valence-electron chi connectivity index (χ2n) is 4.20. The molecule has 1 aliphatic heterocycles. The van der Waals surface area contributed by atoms with Gasteiger partial charge in [-0.2, -0.15) is 0 Å². The third kappa shape index (κ3) is 1.38. The molecule has 80 valence electrons. The smallest absolute Gasteiger partial charge is 0.171 e. The average Bonchev–Trinajstić information content (AvgIpc) is 2.91.